The Hall–Kier alpha value is -2.48. The second kappa shape index (κ2) is 7.87. The lowest BCUT2D eigenvalue weighted by Crippen LogP contribution is -1.87. The highest BCUT2D eigenvalue weighted by molar-refractivity contribution is 5.97. The molecule has 2 aromatic rings. The van der Waals surface area contributed by atoms with Crippen molar-refractivity contribution < 1.29 is 10.2 Å². The Kier molecular flexibility index (Phi) is 5.86. The van der Waals surface area contributed by atoms with Gasteiger partial charge in [-0.1, -0.05) is 67.1 Å². The maximum Gasteiger partial charge on any atom is 0.131 e. The van der Waals surface area contributed by atoms with Crippen molar-refractivity contribution in [1.29, 1.82) is 0 Å². The minimum absolute atomic E-state index is 0.201. The van der Waals surface area contributed by atoms with Gasteiger partial charge in [-0.25, -0.2) is 0 Å². The molecule has 0 aromatic heterocycles. The van der Waals surface area contributed by atoms with Crippen LogP contribution in [0.25, 0.3) is 16.8 Å². The zero-order chi connectivity index (χ0) is 17.7. The quantitative estimate of drug-likeness (QED) is 0.374. The number of benzene rings is 2. The van der Waals surface area contributed by atoms with E-state index in [1.165, 1.54) is 5.57 Å². The lowest BCUT2D eigenvalue weighted by molar-refractivity contribution is 0.465. The second-order valence-electron chi connectivity index (χ2n) is 6.22. The third kappa shape index (κ3) is 3.88. The van der Waals surface area contributed by atoms with Gasteiger partial charge in [0.25, 0.3) is 0 Å². The van der Waals surface area contributed by atoms with Gasteiger partial charge in [-0.05, 0) is 33.1 Å². The molecule has 24 heavy (non-hydrogen) atoms. The van der Waals surface area contributed by atoms with E-state index in [-0.39, 0.29) is 11.5 Å². The van der Waals surface area contributed by atoms with E-state index >= 15 is 0 Å². The number of rotatable bonds is 6. The fourth-order valence-corrected chi connectivity index (χ4v) is 2.69. The van der Waals surface area contributed by atoms with E-state index in [9.17, 15) is 10.2 Å². The molecule has 0 unspecified atom stereocenters. The van der Waals surface area contributed by atoms with E-state index in [1.807, 2.05) is 43.3 Å². The van der Waals surface area contributed by atoms with Crippen LogP contribution in [0.3, 0.4) is 0 Å². The van der Waals surface area contributed by atoms with Crippen LogP contribution in [0.4, 0.5) is 0 Å². The Bertz CT molecular complexity index is 810. The van der Waals surface area contributed by atoms with E-state index in [2.05, 4.69) is 26.5 Å². The Morgan fingerprint density at radius 1 is 1.12 bits per heavy atom. The Labute approximate surface area is 144 Å². The van der Waals surface area contributed by atoms with E-state index in [0.717, 1.165) is 24.8 Å². The van der Waals surface area contributed by atoms with Crippen molar-refractivity contribution in [3.8, 4) is 11.5 Å². The molecule has 2 rings (SSSR count). The van der Waals surface area contributed by atoms with Crippen molar-refractivity contribution >= 4 is 16.8 Å². The fourth-order valence-electron chi connectivity index (χ4n) is 2.69. The van der Waals surface area contributed by atoms with Crippen LogP contribution in [0.2, 0.25) is 0 Å². The molecule has 0 fully saturated rings. The minimum atomic E-state index is 0.201. The van der Waals surface area contributed by atoms with Gasteiger partial charge < -0.3 is 10.2 Å². The first kappa shape index (κ1) is 17.9. The van der Waals surface area contributed by atoms with Gasteiger partial charge in [-0.2, -0.15) is 0 Å². The van der Waals surface area contributed by atoms with Gasteiger partial charge in [0, 0.05) is 21.9 Å². The summed E-state index contributed by atoms with van der Waals surface area (Å²) in [5, 5.41) is 22.3. The summed E-state index contributed by atoms with van der Waals surface area (Å²) >= 11 is 0. The summed E-state index contributed by atoms with van der Waals surface area (Å²) in [7, 11) is 0. The SMILES string of the molecule is C=C(/C=C/c1c(C)c(O)c2ccccc2c1O)CC/C=C(\C)CC. The standard InChI is InChI=1S/C22H26O2/c1-5-15(2)9-8-10-16(3)13-14-18-17(4)21(23)19-11-6-7-12-20(19)22(18)24/h6-7,9,11-14,23-24H,3,5,8,10H2,1-2,4H3/b14-13+,15-9+. The highest BCUT2D eigenvalue weighted by Crippen LogP contribution is 2.39. The maximum absolute atomic E-state index is 10.5. The number of allylic oxidation sites excluding steroid dienone is 4. The third-order valence-electron chi connectivity index (χ3n) is 4.45. The highest BCUT2D eigenvalue weighted by atomic mass is 16.3. The van der Waals surface area contributed by atoms with Crippen molar-refractivity contribution in [2.24, 2.45) is 0 Å². The van der Waals surface area contributed by atoms with Crippen molar-refractivity contribution in [3.63, 3.8) is 0 Å². The first-order valence-corrected chi connectivity index (χ1v) is 8.40. The summed E-state index contributed by atoms with van der Waals surface area (Å²) in [6, 6.07) is 7.33. The molecule has 0 bridgehead atoms. The number of hydrogen-bond acceptors (Lipinski definition) is 2. The van der Waals surface area contributed by atoms with Crippen LogP contribution in [-0.2, 0) is 0 Å². The maximum atomic E-state index is 10.5. The fraction of sp³-hybridized carbons (Fsp3) is 0.273. The van der Waals surface area contributed by atoms with E-state index < -0.39 is 0 Å². The van der Waals surface area contributed by atoms with Crippen molar-refractivity contribution in [1.82, 2.24) is 0 Å². The molecule has 2 nitrogen and oxygen atoms in total. The molecule has 0 spiro atoms. The Morgan fingerprint density at radius 3 is 2.38 bits per heavy atom. The molecule has 0 aliphatic heterocycles. The van der Waals surface area contributed by atoms with Crippen LogP contribution < -0.4 is 0 Å². The van der Waals surface area contributed by atoms with Crippen LogP contribution in [0.5, 0.6) is 11.5 Å². The average molecular weight is 322 g/mol. The van der Waals surface area contributed by atoms with Gasteiger partial charge in [0.1, 0.15) is 11.5 Å². The second-order valence-corrected chi connectivity index (χ2v) is 6.22. The first-order valence-electron chi connectivity index (χ1n) is 8.40. The molecular weight excluding hydrogens is 296 g/mol. The lowest BCUT2D eigenvalue weighted by atomic mass is 9.97. The number of phenols is 2. The topological polar surface area (TPSA) is 40.5 Å². The monoisotopic (exact) mass is 322 g/mol. The van der Waals surface area contributed by atoms with E-state index in [0.29, 0.717) is 21.9 Å². The molecule has 2 heteroatoms. The predicted molar refractivity (Wildman–Crippen MR) is 103 cm³/mol. The molecule has 126 valence electrons. The van der Waals surface area contributed by atoms with Gasteiger partial charge >= 0.3 is 0 Å². The number of aromatic hydroxyl groups is 2. The van der Waals surface area contributed by atoms with Crippen molar-refractivity contribution in [2.45, 2.75) is 40.0 Å². The molecule has 0 amide bonds. The summed E-state index contributed by atoms with van der Waals surface area (Å²) < 4.78 is 0. The summed E-state index contributed by atoms with van der Waals surface area (Å²) in [6.07, 6.45) is 8.93. The normalized spacial score (nSPS) is 12.2. The summed E-state index contributed by atoms with van der Waals surface area (Å²) in [6.45, 7) is 10.2. The predicted octanol–water partition coefficient (Wildman–Crippen LogP) is 6.27. The zero-order valence-corrected chi connectivity index (χ0v) is 14.8. The van der Waals surface area contributed by atoms with Gasteiger partial charge in [-0.15, -0.1) is 0 Å². The van der Waals surface area contributed by atoms with Crippen LogP contribution in [-0.4, -0.2) is 10.2 Å². The molecule has 0 aliphatic carbocycles. The molecule has 2 N–H and O–H groups in total. The van der Waals surface area contributed by atoms with Gasteiger partial charge in [0.15, 0.2) is 0 Å². The molecular formula is C22H26O2. The van der Waals surface area contributed by atoms with Crippen molar-refractivity contribution in [3.05, 3.63) is 65.3 Å². The van der Waals surface area contributed by atoms with Crippen LogP contribution in [0, 0.1) is 6.92 Å². The van der Waals surface area contributed by atoms with Crippen LogP contribution >= 0.6 is 0 Å². The van der Waals surface area contributed by atoms with E-state index in [1.54, 1.807) is 0 Å². The lowest BCUT2D eigenvalue weighted by Gasteiger charge is -2.11. The third-order valence-corrected chi connectivity index (χ3v) is 4.45. The number of fused-ring (bicyclic) bond motifs is 1. The zero-order valence-electron chi connectivity index (χ0n) is 14.8. The number of phenolic OH excluding ortho intramolecular Hbond substituents is 2. The summed E-state index contributed by atoms with van der Waals surface area (Å²) in [4.78, 5) is 0. The summed E-state index contributed by atoms with van der Waals surface area (Å²) in [5.41, 5.74) is 3.71. The van der Waals surface area contributed by atoms with Crippen LogP contribution in [0.15, 0.2) is 54.1 Å². The van der Waals surface area contributed by atoms with Gasteiger partial charge in [0.2, 0.25) is 0 Å². The summed E-state index contributed by atoms with van der Waals surface area (Å²) in [5.74, 6) is 0.418. The molecule has 0 radical (unpaired) electrons. The molecule has 0 aliphatic rings. The average Bonchev–Trinajstić information content (AvgIpc) is 2.59. The molecule has 2 aromatic carbocycles. The van der Waals surface area contributed by atoms with Crippen LogP contribution in [0.1, 0.15) is 44.2 Å². The molecule has 0 atom stereocenters. The number of hydrogen-bond donors (Lipinski definition) is 2. The Morgan fingerprint density at radius 2 is 1.75 bits per heavy atom. The van der Waals surface area contributed by atoms with Gasteiger partial charge in [0.05, 0.1) is 0 Å². The molecule has 0 saturated heterocycles. The highest BCUT2D eigenvalue weighted by Gasteiger charge is 2.13. The molecule has 0 heterocycles. The van der Waals surface area contributed by atoms with Gasteiger partial charge in [-0.3, -0.25) is 0 Å². The van der Waals surface area contributed by atoms with E-state index in [4.69, 9.17) is 0 Å². The minimum Gasteiger partial charge on any atom is -0.507 e. The Balaban J connectivity index is 2.25. The van der Waals surface area contributed by atoms with Crippen molar-refractivity contribution in [2.75, 3.05) is 0 Å². The smallest absolute Gasteiger partial charge is 0.131 e. The largest absolute Gasteiger partial charge is 0.507 e. The molecule has 0 saturated carbocycles. The first-order chi connectivity index (χ1) is 11.5.